The van der Waals surface area contributed by atoms with Crippen LogP contribution in [0.4, 0.5) is 0 Å². The predicted octanol–water partition coefficient (Wildman–Crippen LogP) is 1.97. The standard InChI is InChI=1S/C16H20N4O3S/c1-2-4-13-17-15(23-20-13)8-7-14(21)18-19-16(22)12-9-10-5-3-6-11(10)24-12/h9H,2-8H2,1H3,(H,18,21)(H,19,22). The van der Waals surface area contributed by atoms with Gasteiger partial charge in [-0.2, -0.15) is 4.98 Å². The maximum Gasteiger partial charge on any atom is 0.279 e. The molecule has 0 radical (unpaired) electrons. The SMILES string of the molecule is CCCc1noc(CCC(=O)NNC(=O)c2cc3c(s2)CCC3)n1. The predicted molar refractivity (Wildman–Crippen MR) is 88.6 cm³/mol. The van der Waals surface area contributed by atoms with Gasteiger partial charge in [-0.05, 0) is 37.3 Å². The molecule has 0 saturated heterocycles. The van der Waals surface area contributed by atoms with Crippen LogP contribution in [0.2, 0.25) is 0 Å². The molecule has 1 aliphatic carbocycles. The molecule has 2 amide bonds. The van der Waals surface area contributed by atoms with Gasteiger partial charge < -0.3 is 4.52 Å². The van der Waals surface area contributed by atoms with Gasteiger partial charge in [0, 0.05) is 24.1 Å². The Morgan fingerprint density at radius 1 is 1.29 bits per heavy atom. The first-order valence-corrected chi connectivity index (χ1v) is 8.99. The van der Waals surface area contributed by atoms with Crippen molar-refractivity contribution >= 4 is 23.2 Å². The van der Waals surface area contributed by atoms with Gasteiger partial charge in [-0.15, -0.1) is 11.3 Å². The number of fused-ring (bicyclic) bond motifs is 1. The smallest absolute Gasteiger partial charge is 0.279 e. The number of rotatable bonds is 6. The zero-order chi connectivity index (χ0) is 16.9. The molecule has 7 nitrogen and oxygen atoms in total. The average molecular weight is 348 g/mol. The number of carbonyl (C=O) groups excluding carboxylic acids is 2. The third-order valence-corrected chi connectivity index (χ3v) is 5.07. The first-order valence-electron chi connectivity index (χ1n) is 8.18. The van der Waals surface area contributed by atoms with Crippen molar-refractivity contribution in [3.8, 4) is 0 Å². The Morgan fingerprint density at radius 2 is 2.17 bits per heavy atom. The van der Waals surface area contributed by atoms with E-state index in [0.29, 0.717) is 23.0 Å². The molecule has 1 aliphatic rings. The minimum Gasteiger partial charge on any atom is -0.339 e. The Morgan fingerprint density at radius 3 is 2.96 bits per heavy atom. The van der Waals surface area contributed by atoms with E-state index in [1.807, 2.05) is 13.0 Å². The van der Waals surface area contributed by atoms with Crippen LogP contribution in [-0.4, -0.2) is 22.0 Å². The number of amides is 2. The van der Waals surface area contributed by atoms with Crippen LogP contribution in [0.5, 0.6) is 0 Å². The summed E-state index contributed by atoms with van der Waals surface area (Å²) in [7, 11) is 0. The number of hydrazine groups is 1. The quantitative estimate of drug-likeness (QED) is 0.778. The number of nitrogens with zero attached hydrogens (tertiary/aromatic N) is 2. The highest BCUT2D eigenvalue weighted by molar-refractivity contribution is 7.14. The van der Waals surface area contributed by atoms with Crippen LogP contribution in [0, 0.1) is 0 Å². The lowest BCUT2D eigenvalue weighted by atomic mass is 10.2. The molecule has 128 valence electrons. The number of aromatic nitrogens is 2. The molecule has 0 aliphatic heterocycles. The summed E-state index contributed by atoms with van der Waals surface area (Å²) in [6.45, 7) is 2.04. The van der Waals surface area contributed by atoms with Gasteiger partial charge in [-0.1, -0.05) is 12.1 Å². The number of aryl methyl sites for hydroxylation is 4. The molecule has 0 atom stereocenters. The van der Waals surface area contributed by atoms with Gasteiger partial charge in [0.1, 0.15) is 0 Å². The lowest BCUT2D eigenvalue weighted by Gasteiger charge is -2.05. The summed E-state index contributed by atoms with van der Waals surface area (Å²) < 4.78 is 5.07. The van der Waals surface area contributed by atoms with Gasteiger partial charge in [-0.25, -0.2) is 0 Å². The van der Waals surface area contributed by atoms with Gasteiger partial charge in [0.2, 0.25) is 11.8 Å². The molecule has 0 unspecified atom stereocenters. The Labute approximate surface area is 143 Å². The van der Waals surface area contributed by atoms with Gasteiger partial charge in [0.25, 0.3) is 5.91 Å². The van der Waals surface area contributed by atoms with E-state index in [9.17, 15) is 9.59 Å². The second-order valence-electron chi connectivity index (χ2n) is 5.77. The number of nitrogens with one attached hydrogen (secondary N) is 2. The molecule has 0 aromatic carbocycles. The second-order valence-corrected chi connectivity index (χ2v) is 6.91. The molecule has 2 aromatic heterocycles. The van der Waals surface area contributed by atoms with Crippen molar-refractivity contribution in [1.29, 1.82) is 0 Å². The third kappa shape index (κ3) is 4.00. The summed E-state index contributed by atoms with van der Waals surface area (Å²) in [4.78, 5) is 30.0. The lowest BCUT2D eigenvalue weighted by Crippen LogP contribution is -2.41. The van der Waals surface area contributed by atoms with Crippen molar-refractivity contribution in [3.05, 3.63) is 33.1 Å². The molecule has 3 rings (SSSR count). The molecule has 0 fully saturated rings. The van der Waals surface area contributed by atoms with Gasteiger partial charge in [0.05, 0.1) is 4.88 Å². The molecule has 0 spiro atoms. The number of thiophene rings is 1. The lowest BCUT2D eigenvalue weighted by molar-refractivity contribution is -0.121. The molecule has 2 N–H and O–H groups in total. The Hall–Kier alpha value is -2.22. The van der Waals surface area contributed by atoms with E-state index in [1.165, 1.54) is 21.8 Å². The van der Waals surface area contributed by atoms with Crippen LogP contribution in [0.3, 0.4) is 0 Å². The molecular weight excluding hydrogens is 328 g/mol. The fourth-order valence-electron chi connectivity index (χ4n) is 2.63. The average Bonchev–Trinajstić information content (AvgIpc) is 3.26. The molecule has 0 saturated carbocycles. The molecule has 24 heavy (non-hydrogen) atoms. The van der Waals surface area contributed by atoms with E-state index in [2.05, 4.69) is 21.0 Å². The zero-order valence-electron chi connectivity index (χ0n) is 13.6. The van der Waals surface area contributed by atoms with Crippen molar-refractivity contribution in [2.45, 2.75) is 51.9 Å². The minimum atomic E-state index is -0.289. The largest absolute Gasteiger partial charge is 0.339 e. The van der Waals surface area contributed by atoms with E-state index in [-0.39, 0.29) is 18.2 Å². The molecular formula is C16H20N4O3S. The highest BCUT2D eigenvalue weighted by Gasteiger charge is 2.18. The monoisotopic (exact) mass is 348 g/mol. The minimum absolute atomic E-state index is 0.176. The van der Waals surface area contributed by atoms with Crippen molar-refractivity contribution in [3.63, 3.8) is 0 Å². The van der Waals surface area contributed by atoms with Crippen molar-refractivity contribution in [2.75, 3.05) is 0 Å². The molecule has 0 bridgehead atoms. The molecule has 2 aromatic rings. The summed E-state index contributed by atoms with van der Waals surface area (Å²) in [6.07, 6.45) is 5.48. The van der Waals surface area contributed by atoms with Gasteiger partial charge >= 0.3 is 0 Å². The van der Waals surface area contributed by atoms with Crippen LogP contribution in [0.1, 0.15) is 58.0 Å². The van der Waals surface area contributed by atoms with E-state index in [1.54, 1.807) is 0 Å². The van der Waals surface area contributed by atoms with E-state index in [0.717, 1.165) is 32.1 Å². The van der Waals surface area contributed by atoms with Crippen molar-refractivity contribution in [1.82, 2.24) is 21.0 Å². The summed E-state index contributed by atoms with van der Waals surface area (Å²) in [6, 6.07) is 1.92. The topological polar surface area (TPSA) is 97.1 Å². The number of carbonyl (C=O) groups is 2. The highest BCUT2D eigenvalue weighted by atomic mass is 32.1. The highest BCUT2D eigenvalue weighted by Crippen LogP contribution is 2.30. The summed E-state index contributed by atoms with van der Waals surface area (Å²) >= 11 is 1.50. The number of hydrogen-bond donors (Lipinski definition) is 2. The van der Waals surface area contributed by atoms with Crippen LogP contribution < -0.4 is 10.9 Å². The van der Waals surface area contributed by atoms with E-state index < -0.39 is 0 Å². The van der Waals surface area contributed by atoms with E-state index in [4.69, 9.17) is 4.52 Å². The normalized spacial score (nSPS) is 12.9. The van der Waals surface area contributed by atoms with Gasteiger partial charge in [0.15, 0.2) is 5.82 Å². The fourth-order valence-corrected chi connectivity index (χ4v) is 3.78. The first-order chi connectivity index (χ1) is 11.7. The Kier molecular flexibility index (Phi) is 5.24. The Balaban J connectivity index is 1.42. The molecule has 8 heteroatoms. The van der Waals surface area contributed by atoms with Crippen LogP contribution in [-0.2, 0) is 30.5 Å². The fraction of sp³-hybridized carbons (Fsp3) is 0.500. The maximum absolute atomic E-state index is 12.0. The zero-order valence-corrected chi connectivity index (χ0v) is 14.4. The number of hydrogen-bond acceptors (Lipinski definition) is 6. The summed E-state index contributed by atoms with van der Waals surface area (Å²) in [5.41, 5.74) is 6.14. The van der Waals surface area contributed by atoms with Crippen molar-refractivity contribution < 1.29 is 14.1 Å². The molecule has 2 heterocycles. The first kappa shape index (κ1) is 16.6. The van der Waals surface area contributed by atoms with Crippen LogP contribution in [0.25, 0.3) is 0 Å². The second kappa shape index (κ2) is 7.57. The Bertz CT molecular complexity index is 716. The summed E-state index contributed by atoms with van der Waals surface area (Å²) in [5.74, 6) is 0.537. The summed E-state index contributed by atoms with van der Waals surface area (Å²) in [5, 5.41) is 3.84. The van der Waals surface area contributed by atoms with E-state index >= 15 is 0 Å². The van der Waals surface area contributed by atoms with Crippen LogP contribution >= 0.6 is 11.3 Å². The maximum atomic E-state index is 12.0. The van der Waals surface area contributed by atoms with Gasteiger partial charge in [-0.3, -0.25) is 20.4 Å². The third-order valence-electron chi connectivity index (χ3n) is 3.84. The van der Waals surface area contributed by atoms with Crippen molar-refractivity contribution in [2.24, 2.45) is 0 Å². The van der Waals surface area contributed by atoms with Crippen LogP contribution in [0.15, 0.2) is 10.6 Å².